The maximum atomic E-state index is 10.9. The zero-order valence-corrected chi connectivity index (χ0v) is 7.77. The summed E-state index contributed by atoms with van der Waals surface area (Å²) in [5.41, 5.74) is 0.521. The van der Waals surface area contributed by atoms with Crippen LogP contribution in [-0.4, -0.2) is 12.0 Å². The number of halogens is 2. The molecule has 0 radical (unpaired) electrons. The smallest absolute Gasteiger partial charge is 0.339 e. The van der Waals surface area contributed by atoms with Crippen molar-refractivity contribution in [2.45, 2.75) is 0 Å². The normalized spacial score (nSPS) is 8.42. The Morgan fingerprint density at radius 2 is 1.92 bits per heavy atom. The summed E-state index contributed by atoms with van der Waals surface area (Å²) in [5, 5.41) is 0. The van der Waals surface area contributed by atoms with E-state index in [4.69, 9.17) is 11.6 Å². The molecule has 0 saturated carbocycles. The Morgan fingerprint density at radius 3 is 2.42 bits per heavy atom. The van der Waals surface area contributed by atoms with Crippen LogP contribution in [0, 0.1) is 0 Å². The van der Waals surface area contributed by atoms with E-state index in [0.717, 1.165) is 0 Å². The van der Waals surface area contributed by atoms with Crippen molar-refractivity contribution in [2.24, 2.45) is 0 Å². The largest absolute Gasteiger partial charge is 0.446 e. The zero-order valence-electron chi connectivity index (χ0n) is 6.20. The Morgan fingerprint density at radius 1 is 1.33 bits per heavy atom. The van der Waals surface area contributed by atoms with Crippen molar-refractivity contribution in [3.63, 3.8) is 0 Å². The summed E-state index contributed by atoms with van der Waals surface area (Å²) >= 11 is 5.20. The third-order valence-electron chi connectivity index (χ3n) is 1.20. The molecule has 1 aromatic carbocycles. The summed E-state index contributed by atoms with van der Waals surface area (Å²) in [5.74, 6) is -0.388. The number of hydrogen-bond acceptors (Lipinski definition) is 2. The van der Waals surface area contributed by atoms with E-state index in [1.54, 1.807) is 24.3 Å². The van der Waals surface area contributed by atoms with Crippen molar-refractivity contribution in [3.8, 4) is 0 Å². The predicted molar refractivity (Wildman–Crippen MR) is 49.8 cm³/mol. The van der Waals surface area contributed by atoms with E-state index in [1.165, 1.54) is 0 Å². The second kappa shape index (κ2) is 5.86. The molecule has 2 nitrogen and oxygen atoms in total. The number of ether oxygens (including phenoxy) is 1. The number of esters is 1. The topological polar surface area (TPSA) is 26.3 Å². The predicted octanol–water partition coefficient (Wildman–Crippen LogP) is 2.46. The lowest BCUT2D eigenvalue weighted by Gasteiger charge is -1.98. The molecule has 0 bridgehead atoms. The number of benzene rings is 1. The Bertz CT molecular complexity index is 236. The Labute approximate surface area is 81.9 Å². The number of alkyl halides is 1. The second-order valence-electron chi connectivity index (χ2n) is 1.91. The highest BCUT2D eigenvalue weighted by molar-refractivity contribution is 6.17. The zero-order chi connectivity index (χ0) is 8.10. The SMILES string of the molecule is Cl.O=C(OCCl)c1ccccc1. The van der Waals surface area contributed by atoms with Crippen LogP contribution in [0.5, 0.6) is 0 Å². The summed E-state index contributed by atoms with van der Waals surface area (Å²) in [6.07, 6.45) is 0. The first-order chi connectivity index (χ1) is 5.34. The molecule has 0 aliphatic carbocycles. The van der Waals surface area contributed by atoms with Crippen molar-refractivity contribution in [3.05, 3.63) is 35.9 Å². The lowest BCUT2D eigenvalue weighted by molar-refractivity contribution is 0.0574. The van der Waals surface area contributed by atoms with Gasteiger partial charge in [-0.1, -0.05) is 29.8 Å². The standard InChI is InChI=1S/C8H7ClO2.ClH/c9-6-11-8(10)7-4-2-1-3-5-7;/h1-5H,6H2;1H. The van der Waals surface area contributed by atoms with Crippen LogP contribution in [-0.2, 0) is 4.74 Å². The monoisotopic (exact) mass is 206 g/mol. The van der Waals surface area contributed by atoms with E-state index >= 15 is 0 Å². The van der Waals surface area contributed by atoms with E-state index in [0.29, 0.717) is 5.56 Å². The molecule has 0 unspecified atom stereocenters. The lowest BCUT2D eigenvalue weighted by Crippen LogP contribution is -2.02. The first-order valence-corrected chi connectivity index (χ1v) is 3.66. The third kappa shape index (κ3) is 3.11. The maximum Gasteiger partial charge on any atom is 0.339 e. The van der Waals surface area contributed by atoms with Gasteiger partial charge in [0.15, 0.2) is 6.07 Å². The fourth-order valence-corrected chi connectivity index (χ4v) is 0.806. The highest BCUT2D eigenvalue weighted by atomic mass is 35.5. The summed E-state index contributed by atoms with van der Waals surface area (Å²) in [6.45, 7) is 0. The number of carbonyl (C=O) groups excluding carboxylic acids is 1. The van der Waals surface area contributed by atoms with Crippen molar-refractivity contribution < 1.29 is 9.53 Å². The molecule has 0 aliphatic heterocycles. The van der Waals surface area contributed by atoms with Gasteiger partial charge in [-0.2, -0.15) is 0 Å². The van der Waals surface area contributed by atoms with Gasteiger partial charge in [-0.05, 0) is 12.1 Å². The molecule has 4 heteroatoms. The molecular formula is C8H8Cl2O2. The summed E-state index contributed by atoms with van der Waals surface area (Å²) in [6, 6.07) is 8.62. The summed E-state index contributed by atoms with van der Waals surface area (Å²) in [7, 11) is 0. The first-order valence-electron chi connectivity index (χ1n) is 3.12. The molecule has 0 saturated heterocycles. The number of hydrogen-bond donors (Lipinski definition) is 0. The van der Waals surface area contributed by atoms with Crippen molar-refractivity contribution >= 4 is 30.0 Å². The van der Waals surface area contributed by atoms with Crippen molar-refractivity contribution in [1.29, 1.82) is 0 Å². The average Bonchev–Trinajstić information content (AvgIpc) is 2.07. The van der Waals surface area contributed by atoms with E-state index < -0.39 is 0 Å². The van der Waals surface area contributed by atoms with E-state index in [1.807, 2.05) is 6.07 Å². The molecule has 0 atom stereocenters. The van der Waals surface area contributed by atoms with Crippen LogP contribution in [0.4, 0.5) is 0 Å². The second-order valence-corrected chi connectivity index (χ2v) is 2.13. The fourth-order valence-electron chi connectivity index (χ4n) is 0.707. The van der Waals surface area contributed by atoms with E-state index in [2.05, 4.69) is 4.74 Å². The summed E-state index contributed by atoms with van der Waals surface area (Å²) in [4.78, 5) is 10.9. The lowest BCUT2D eigenvalue weighted by atomic mass is 10.2. The molecule has 0 aliphatic rings. The molecule has 0 aromatic heterocycles. The minimum absolute atomic E-state index is 0. The van der Waals surface area contributed by atoms with Crippen molar-refractivity contribution in [2.75, 3.05) is 6.07 Å². The maximum absolute atomic E-state index is 10.9. The molecule has 0 spiro atoms. The van der Waals surface area contributed by atoms with Gasteiger partial charge < -0.3 is 4.74 Å². The van der Waals surface area contributed by atoms with Gasteiger partial charge in [0.05, 0.1) is 5.56 Å². The average molecular weight is 207 g/mol. The van der Waals surface area contributed by atoms with Gasteiger partial charge in [0.1, 0.15) is 0 Å². The van der Waals surface area contributed by atoms with Gasteiger partial charge in [0.2, 0.25) is 0 Å². The molecule has 1 aromatic rings. The van der Waals surface area contributed by atoms with Crippen molar-refractivity contribution in [1.82, 2.24) is 0 Å². The molecule has 0 fully saturated rings. The van der Waals surface area contributed by atoms with Gasteiger partial charge in [-0.25, -0.2) is 4.79 Å². The van der Waals surface area contributed by atoms with Crippen LogP contribution in [0.2, 0.25) is 0 Å². The number of carbonyl (C=O) groups is 1. The van der Waals surface area contributed by atoms with Gasteiger partial charge in [-0.3, -0.25) is 0 Å². The van der Waals surface area contributed by atoms with Gasteiger partial charge >= 0.3 is 5.97 Å². The van der Waals surface area contributed by atoms with Crippen LogP contribution >= 0.6 is 24.0 Å². The Hall–Kier alpha value is -0.730. The minimum Gasteiger partial charge on any atom is -0.446 e. The molecule has 12 heavy (non-hydrogen) atoms. The Balaban J connectivity index is 0.00000121. The van der Waals surface area contributed by atoms with Crippen LogP contribution in [0.15, 0.2) is 30.3 Å². The molecule has 0 N–H and O–H groups in total. The number of rotatable bonds is 2. The van der Waals surface area contributed by atoms with Crippen LogP contribution < -0.4 is 0 Å². The van der Waals surface area contributed by atoms with Crippen LogP contribution in [0.1, 0.15) is 10.4 Å². The molecule has 0 heterocycles. The van der Waals surface area contributed by atoms with Crippen LogP contribution in [0.25, 0.3) is 0 Å². The van der Waals surface area contributed by atoms with Crippen LogP contribution in [0.3, 0.4) is 0 Å². The fraction of sp³-hybridized carbons (Fsp3) is 0.125. The molecule has 1 rings (SSSR count). The first kappa shape index (κ1) is 11.3. The molecule has 66 valence electrons. The van der Waals surface area contributed by atoms with E-state index in [-0.39, 0.29) is 24.4 Å². The van der Waals surface area contributed by atoms with Gasteiger partial charge in [0, 0.05) is 0 Å². The van der Waals surface area contributed by atoms with Gasteiger partial charge in [0.25, 0.3) is 0 Å². The van der Waals surface area contributed by atoms with Gasteiger partial charge in [-0.15, -0.1) is 12.4 Å². The molecular weight excluding hydrogens is 199 g/mol. The molecule has 0 amide bonds. The highest BCUT2D eigenvalue weighted by Gasteiger charge is 2.02. The highest BCUT2D eigenvalue weighted by Crippen LogP contribution is 2.00. The third-order valence-corrected chi connectivity index (χ3v) is 1.30. The van der Waals surface area contributed by atoms with E-state index in [9.17, 15) is 4.79 Å². The summed E-state index contributed by atoms with van der Waals surface area (Å²) < 4.78 is 4.55. The quantitative estimate of drug-likeness (QED) is 0.550. The Kier molecular flexibility index (Phi) is 5.51. The minimum atomic E-state index is -0.388.